The van der Waals surface area contributed by atoms with E-state index in [1.165, 1.54) is 30.5 Å². The number of morpholine rings is 1. The van der Waals surface area contributed by atoms with Crippen molar-refractivity contribution in [2.45, 2.75) is 19.3 Å². The highest BCUT2D eigenvalue weighted by Gasteiger charge is 2.23. The lowest BCUT2D eigenvalue weighted by molar-refractivity contribution is 0.122. The Bertz CT molecular complexity index is 923. The monoisotopic (exact) mass is 394 g/mol. The molecule has 28 heavy (non-hydrogen) atoms. The van der Waals surface area contributed by atoms with Gasteiger partial charge in [-0.05, 0) is 65.8 Å². The number of piperidine rings is 1. The summed E-state index contributed by atoms with van der Waals surface area (Å²) < 4.78 is 5.48. The van der Waals surface area contributed by atoms with Crippen molar-refractivity contribution in [2.24, 2.45) is 5.92 Å². The highest BCUT2D eigenvalue weighted by molar-refractivity contribution is 7.07. The molecule has 4 heterocycles. The van der Waals surface area contributed by atoms with Gasteiger partial charge in [-0.1, -0.05) is 0 Å². The van der Waals surface area contributed by atoms with Gasteiger partial charge in [0.15, 0.2) is 0 Å². The molecule has 146 valence electrons. The normalized spacial score (nSPS) is 20.6. The van der Waals surface area contributed by atoms with Crippen molar-refractivity contribution < 1.29 is 4.74 Å². The third-order valence-corrected chi connectivity index (χ3v) is 6.63. The number of anilines is 2. The summed E-state index contributed by atoms with van der Waals surface area (Å²) in [7, 11) is 0. The molecule has 2 aromatic heterocycles. The molecule has 0 N–H and O–H groups in total. The van der Waals surface area contributed by atoms with Crippen LogP contribution in [0.25, 0.3) is 10.9 Å². The maximum absolute atomic E-state index is 5.48. The van der Waals surface area contributed by atoms with E-state index in [0.29, 0.717) is 5.92 Å². The summed E-state index contributed by atoms with van der Waals surface area (Å²) in [6, 6.07) is 8.89. The molecule has 0 amide bonds. The third-order valence-electron chi connectivity index (χ3n) is 5.90. The standard InChI is InChI=1S/C22H26N4OS/c1-2-17(12-18-5-11-28-15-18)14-26(6-1)22-20-4-3-19(13-21(20)23-16-24-22)25-7-9-27-10-8-25/h3-5,11,13,15-17H,1-2,6-10,12,14H2. The van der Waals surface area contributed by atoms with Crippen molar-refractivity contribution in [1.29, 1.82) is 0 Å². The van der Waals surface area contributed by atoms with Crippen molar-refractivity contribution in [3.63, 3.8) is 0 Å². The third kappa shape index (κ3) is 3.71. The zero-order valence-electron chi connectivity index (χ0n) is 16.1. The van der Waals surface area contributed by atoms with Gasteiger partial charge in [0, 0.05) is 37.3 Å². The average Bonchev–Trinajstić information content (AvgIpc) is 3.27. The van der Waals surface area contributed by atoms with E-state index in [0.717, 1.165) is 56.1 Å². The molecule has 0 saturated carbocycles. The lowest BCUT2D eigenvalue weighted by Gasteiger charge is -2.34. The Kier molecular flexibility index (Phi) is 5.14. The predicted octanol–water partition coefficient (Wildman–Crippen LogP) is 3.99. The minimum absolute atomic E-state index is 0.695. The summed E-state index contributed by atoms with van der Waals surface area (Å²) in [5.74, 6) is 1.79. The lowest BCUT2D eigenvalue weighted by Crippen LogP contribution is -2.37. The molecule has 5 nitrogen and oxygen atoms in total. The molecule has 2 fully saturated rings. The molecule has 2 aliphatic rings. The van der Waals surface area contributed by atoms with Crippen molar-refractivity contribution in [2.75, 3.05) is 49.2 Å². The number of ether oxygens (including phenoxy) is 1. The van der Waals surface area contributed by atoms with E-state index in [-0.39, 0.29) is 0 Å². The molecular weight excluding hydrogens is 368 g/mol. The number of thiophene rings is 1. The fourth-order valence-corrected chi connectivity index (χ4v) is 5.15. The van der Waals surface area contributed by atoms with E-state index >= 15 is 0 Å². The van der Waals surface area contributed by atoms with Gasteiger partial charge in [0.1, 0.15) is 12.1 Å². The van der Waals surface area contributed by atoms with Gasteiger partial charge < -0.3 is 14.5 Å². The van der Waals surface area contributed by atoms with Crippen LogP contribution < -0.4 is 9.80 Å². The summed E-state index contributed by atoms with van der Waals surface area (Å²) in [6.07, 6.45) is 5.43. The molecule has 1 aromatic carbocycles. The van der Waals surface area contributed by atoms with E-state index in [2.05, 4.69) is 54.8 Å². The summed E-state index contributed by atoms with van der Waals surface area (Å²) in [5, 5.41) is 5.63. The van der Waals surface area contributed by atoms with Crippen LogP contribution in [-0.4, -0.2) is 49.4 Å². The smallest absolute Gasteiger partial charge is 0.139 e. The van der Waals surface area contributed by atoms with Crippen LogP contribution in [0.15, 0.2) is 41.4 Å². The summed E-state index contributed by atoms with van der Waals surface area (Å²) in [4.78, 5) is 14.1. The molecule has 1 unspecified atom stereocenters. The molecular formula is C22H26N4OS. The first-order valence-electron chi connectivity index (χ1n) is 10.2. The summed E-state index contributed by atoms with van der Waals surface area (Å²) >= 11 is 1.79. The Morgan fingerprint density at radius 2 is 2.00 bits per heavy atom. The van der Waals surface area contributed by atoms with Crippen LogP contribution in [-0.2, 0) is 11.2 Å². The number of aromatic nitrogens is 2. The van der Waals surface area contributed by atoms with Gasteiger partial charge in [0.25, 0.3) is 0 Å². The topological polar surface area (TPSA) is 41.5 Å². The van der Waals surface area contributed by atoms with Crippen molar-refractivity contribution in [3.8, 4) is 0 Å². The summed E-state index contributed by atoms with van der Waals surface area (Å²) in [5.41, 5.74) is 3.74. The van der Waals surface area contributed by atoms with Gasteiger partial charge >= 0.3 is 0 Å². The highest BCUT2D eigenvalue weighted by Crippen LogP contribution is 2.31. The second kappa shape index (κ2) is 8.05. The molecule has 2 aliphatic heterocycles. The lowest BCUT2D eigenvalue weighted by atomic mass is 9.92. The number of fused-ring (bicyclic) bond motifs is 1. The predicted molar refractivity (Wildman–Crippen MR) is 116 cm³/mol. The number of hydrogen-bond acceptors (Lipinski definition) is 6. The summed E-state index contributed by atoms with van der Waals surface area (Å²) in [6.45, 7) is 5.64. The Morgan fingerprint density at radius 1 is 1.07 bits per heavy atom. The molecule has 0 bridgehead atoms. The Hall–Kier alpha value is -2.18. The first-order valence-corrected chi connectivity index (χ1v) is 11.1. The maximum atomic E-state index is 5.48. The number of nitrogens with zero attached hydrogens (tertiary/aromatic N) is 4. The molecule has 2 saturated heterocycles. The van der Waals surface area contributed by atoms with E-state index in [1.807, 2.05) is 0 Å². The van der Waals surface area contributed by atoms with Gasteiger partial charge in [-0.3, -0.25) is 0 Å². The second-order valence-electron chi connectivity index (χ2n) is 7.79. The Morgan fingerprint density at radius 3 is 2.86 bits per heavy atom. The molecule has 0 spiro atoms. The average molecular weight is 395 g/mol. The molecule has 0 radical (unpaired) electrons. The molecule has 1 atom stereocenters. The van der Waals surface area contributed by atoms with Crippen LogP contribution in [0.4, 0.5) is 11.5 Å². The van der Waals surface area contributed by atoms with Gasteiger partial charge in [-0.2, -0.15) is 11.3 Å². The number of benzene rings is 1. The van der Waals surface area contributed by atoms with Crippen LogP contribution in [0, 0.1) is 5.92 Å². The first-order chi connectivity index (χ1) is 13.9. The minimum Gasteiger partial charge on any atom is -0.378 e. The fraction of sp³-hybridized carbons (Fsp3) is 0.455. The SMILES string of the molecule is c1nc(N2CCCC(Cc3ccsc3)C2)c2ccc(N3CCOCC3)cc2n1. The highest BCUT2D eigenvalue weighted by atomic mass is 32.1. The molecule has 0 aliphatic carbocycles. The van der Waals surface area contributed by atoms with Crippen LogP contribution in [0.1, 0.15) is 18.4 Å². The second-order valence-corrected chi connectivity index (χ2v) is 8.57. The van der Waals surface area contributed by atoms with Crippen molar-refractivity contribution in [3.05, 3.63) is 46.9 Å². The van der Waals surface area contributed by atoms with Crippen LogP contribution >= 0.6 is 11.3 Å². The number of hydrogen-bond donors (Lipinski definition) is 0. The minimum atomic E-state index is 0.695. The molecule has 6 heteroatoms. The van der Waals surface area contributed by atoms with Crippen LogP contribution in [0.2, 0.25) is 0 Å². The van der Waals surface area contributed by atoms with Crippen molar-refractivity contribution >= 4 is 33.7 Å². The largest absolute Gasteiger partial charge is 0.378 e. The zero-order chi connectivity index (χ0) is 18.8. The van der Waals surface area contributed by atoms with Gasteiger partial charge in [-0.15, -0.1) is 0 Å². The first kappa shape index (κ1) is 17.9. The van der Waals surface area contributed by atoms with E-state index in [1.54, 1.807) is 17.7 Å². The van der Waals surface area contributed by atoms with Crippen molar-refractivity contribution in [1.82, 2.24) is 9.97 Å². The maximum Gasteiger partial charge on any atom is 0.139 e. The van der Waals surface area contributed by atoms with E-state index in [9.17, 15) is 0 Å². The van der Waals surface area contributed by atoms with Gasteiger partial charge in [-0.25, -0.2) is 9.97 Å². The quantitative estimate of drug-likeness (QED) is 0.669. The Labute approximate surface area is 170 Å². The van der Waals surface area contributed by atoms with Crippen LogP contribution in [0.3, 0.4) is 0 Å². The molecule has 5 rings (SSSR count). The van der Waals surface area contributed by atoms with Gasteiger partial charge in [0.05, 0.1) is 18.7 Å². The van der Waals surface area contributed by atoms with E-state index in [4.69, 9.17) is 4.74 Å². The Balaban J connectivity index is 1.38. The van der Waals surface area contributed by atoms with Gasteiger partial charge in [0.2, 0.25) is 0 Å². The van der Waals surface area contributed by atoms with E-state index < -0.39 is 0 Å². The number of rotatable bonds is 4. The zero-order valence-corrected chi connectivity index (χ0v) is 16.9. The van der Waals surface area contributed by atoms with Crippen LogP contribution in [0.5, 0.6) is 0 Å². The molecule has 3 aromatic rings. The fourth-order valence-electron chi connectivity index (χ4n) is 4.47.